The predicted molar refractivity (Wildman–Crippen MR) is 80.6 cm³/mol. The molecule has 0 bridgehead atoms. The van der Waals surface area contributed by atoms with Gasteiger partial charge >= 0.3 is 0 Å². The lowest BCUT2D eigenvalue weighted by molar-refractivity contribution is 0.270. The van der Waals surface area contributed by atoms with Gasteiger partial charge in [0.1, 0.15) is 11.0 Å². The molecule has 20 heavy (non-hydrogen) atoms. The number of aryl methyl sites for hydroxylation is 1. The highest BCUT2D eigenvalue weighted by atomic mass is 16.1. The van der Waals surface area contributed by atoms with Crippen LogP contribution in [0.1, 0.15) is 44.6 Å². The molecule has 3 rings (SSSR count). The molecular weight excluding hydrogens is 252 g/mol. The Kier molecular flexibility index (Phi) is 3.51. The normalized spacial score (nSPS) is 23.2. The van der Waals surface area contributed by atoms with E-state index in [2.05, 4.69) is 21.9 Å². The van der Waals surface area contributed by atoms with Gasteiger partial charge in [-0.3, -0.25) is 9.78 Å². The molecule has 2 aromatic heterocycles. The van der Waals surface area contributed by atoms with Gasteiger partial charge in [-0.25, -0.2) is 4.98 Å². The minimum absolute atomic E-state index is 0.189. The summed E-state index contributed by atoms with van der Waals surface area (Å²) in [7, 11) is 0. The standard InChI is InChI=1S/C15H22N4O/c1-9-3-2-4-10(7-9)5-6-11-8-17-13-12(11)18-15(16)19-14(13)20/h8-10,17H,2-7H2,1H3,(H3,16,18,19,20). The molecule has 0 amide bonds. The van der Waals surface area contributed by atoms with Crippen molar-refractivity contribution in [3.05, 3.63) is 22.1 Å². The molecule has 2 atom stereocenters. The molecule has 1 aliphatic rings. The van der Waals surface area contributed by atoms with Crippen LogP contribution in [0.2, 0.25) is 0 Å². The first-order chi connectivity index (χ1) is 9.63. The lowest BCUT2D eigenvalue weighted by atomic mass is 9.80. The van der Waals surface area contributed by atoms with E-state index in [1.54, 1.807) is 0 Å². The van der Waals surface area contributed by atoms with E-state index in [1.807, 2.05) is 6.20 Å². The Balaban J connectivity index is 1.76. The highest BCUT2D eigenvalue weighted by molar-refractivity contribution is 5.78. The summed E-state index contributed by atoms with van der Waals surface area (Å²) in [5.74, 6) is 1.85. The van der Waals surface area contributed by atoms with Crippen LogP contribution in [0.25, 0.3) is 11.0 Å². The van der Waals surface area contributed by atoms with Gasteiger partial charge in [-0.15, -0.1) is 0 Å². The van der Waals surface area contributed by atoms with Gasteiger partial charge in [0, 0.05) is 6.20 Å². The van der Waals surface area contributed by atoms with E-state index in [-0.39, 0.29) is 11.5 Å². The maximum atomic E-state index is 11.8. The first-order valence-corrected chi connectivity index (χ1v) is 7.49. The Hall–Kier alpha value is -1.78. The van der Waals surface area contributed by atoms with Crippen LogP contribution in [0.5, 0.6) is 0 Å². The maximum Gasteiger partial charge on any atom is 0.276 e. The van der Waals surface area contributed by atoms with Crippen molar-refractivity contribution < 1.29 is 0 Å². The topological polar surface area (TPSA) is 87.6 Å². The second kappa shape index (κ2) is 5.31. The highest BCUT2D eigenvalue weighted by Gasteiger charge is 2.19. The fraction of sp³-hybridized carbons (Fsp3) is 0.600. The lowest BCUT2D eigenvalue weighted by Gasteiger charge is -2.26. The average molecular weight is 274 g/mol. The van der Waals surface area contributed by atoms with Gasteiger partial charge < -0.3 is 10.7 Å². The molecule has 5 nitrogen and oxygen atoms in total. The Morgan fingerprint density at radius 2 is 2.30 bits per heavy atom. The van der Waals surface area contributed by atoms with Crippen LogP contribution < -0.4 is 11.3 Å². The maximum absolute atomic E-state index is 11.8. The van der Waals surface area contributed by atoms with Crippen LogP contribution in [0.3, 0.4) is 0 Å². The molecule has 2 aromatic rings. The Morgan fingerprint density at radius 1 is 1.45 bits per heavy atom. The SMILES string of the molecule is CC1CCCC(CCc2c[nH]c3c(=O)[nH]c(N)nc23)C1. The smallest absolute Gasteiger partial charge is 0.276 e. The molecule has 1 fully saturated rings. The monoisotopic (exact) mass is 274 g/mol. The van der Waals surface area contributed by atoms with E-state index in [4.69, 9.17) is 5.73 Å². The molecule has 2 heterocycles. The molecule has 0 spiro atoms. The van der Waals surface area contributed by atoms with Crippen LogP contribution in [0.15, 0.2) is 11.0 Å². The molecule has 1 aliphatic carbocycles. The summed E-state index contributed by atoms with van der Waals surface area (Å²) in [6.07, 6.45) is 9.43. The summed E-state index contributed by atoms with van der Waals surface area (Å²) < 4.78 is 0. The van der Waals surface area contributed by atoms with Gasteiger partial charge in [-0.1, -0.05) is 26.2 Å². The largest absolute Gasteiger partial charge is 0.369 e. The third-order valence-corrected chi connectivity index (χ3v) is 4.50. The van der Waals surface area contributed by atoms with Gasteiger partial charge in [0.05, 0.1) is 0 Å². The number of nitrogens with two attached hydrogens (primary N) is 1. The second-order valence-electron chi connectivity index (χ2n) is 6.17. The van der Waals surface area contributed by atoms with Crippen molar-refractivity contribution in [2.24, 2.45) is 11.8 Å². The number of hydrogen-bond acceptors (Lipinski definition) is 3. The first-order valence-electron chi connectivity index (χ1n) is 7.49. The van der Waals surface area contributed by atoms with Crippen LogP contribution in [-0.4, -0.2) is 15.0 Å². The summed E-state index contributed by atoms with van der Waals surface area (Å²) in [6.45, 7) is 2.35. The summed E-state index contributed by atoms with van der Waals surface area (Å²) >= 11 is 0. The number of nitrogen functional groups attached to an aromatic ring is 1. The minimum atomic E-state index is -0.190. The van der Waals surface area contributed by atoms with Crippen molar-refractivity contribution in [3.63, 3.8) is 0 Å². The fourth-order valence-corrected chi connectivity index (χ4v) is 3.46. The number of anilines is 1. The number of aromatic nitrogens is 3. The van der Waals surface area contributed by atoms with Crippen LogP contribution >= 0.6 is 0 Å². The fourth-order valence-electron chi connectivity index (χ4n) is 3.46. The van der Waals surface area contributed by atoms with Gasteiger partial charge in [-0.05, 0) is 36.7 Å². The molecule has 1 saturated carbocycles. The van der Waals surface area contributed by atoms with Crippen molar-refractivity contribution in [3.8, 4) is 0 Å². The zero-order chi connectivity index (χ0) is 14.1. The molecule has 2 unspecified atom stereocenters. The van der Waals surface area contributed by atoms with Gasteiger partial charge in [0.15, 0.2) is 0 Å². The van der Waals surface area contributed by atoms with Gasteiger partial charge in [-0.2, -0.15) is 0 Å². The van der Waals surface area contributed by atoms with Crippen LogP contribution in [0, 0.1) is 11.8 Å². The Bertz CT molecular complexity index is 657. The van der Waals surface area contributed by atoms with Gasteiger partial charge in [0.2, 0.25) is 5.95 Å². The molecule has 4 N–H and O–H groups in total. The van der Waals surface area contributed by atoms with E-state index in [1.165, 1.54) is 32.1 Å². The van der Waals surface area contributed by atoms with Crippen LogP contribution in [-0.2, 0) is 6.42 Å². The zero-order valence-electron chi connectivity index (χ0n) is 11.9. The number of hydrogen-bond donors (Lipinski definition) is 3. The van der Waals surface area contributed by atoms with E-state index in [0.717, 1.165) is 29.3 Å². The number of nitrogens with one attached hydrogen (secondary N) is 2. The van der Waals surface area contributed by atoms with Crippen molar-refractivity contribution in [1.82, 2.24) is 15.0 Å². The number of nitrogens with zero attached hydrogens (tertiary/aromatic N) is 1. The molecule has 0 saturated heterocycles. The quantitative estimate of drug-likeness (QED) is 0.804. The van der Waals surface area contributed by atoms with E-state index in [9.17, 15) is 4.79 Å². The Morgan fingerprint density at radius 3 is 3.10 bits per heavy atom. The summed E-state index contributed by atoms with van der Waals surface area (Å²) in [5.41, 5.74) is 7.81. The van der Waals surface area contributed by atoms with E-state index < -0.39 is 0 Å². The predicted octanol–water partition coefficient (Wildman–Crippen LogP) is 2.59. The number of aromatic amines is 2. The highest BCUT2D eigenvalue weighted by Crippen LogP contribution is 2.32. The lowest BCUT2D eigenvalue weighted by Crippen LogP contribution is -2.14. The van der Waals surface area contributed by atoms with Crippen molar-refractivity contribution in [2.45, 2.75) is 45.4 Å². The molecule has 5 heteroatoms. The Labute approximate surface area is 118 Å². The molecule has 0 aliphatic heterocycles. The molecule has 0 radical (unpaired) electrons. The van der Waals surface area contributed by atoms with Crippen molar-refractivity contribution in [2.75, 3.05) is 5.73 Å². The number of rotatable bonds is 3. The van der Waals surface area contributed by atoms with E-state index in [0.29, 0.717) is 5.52 Å². The first kappa shape index (κ1) is 13.2. The zero-order valence-corrected chi connectivity index (χ0v) is 11.9. The van der Waals surface area contributed by atoms with Crippen LogP contribution in [0.4, 0.5) is 5.95 Å². The molecule has 0 aromatic carbocycles. The molecule has 108 valence electrons. The number of H-pyrrole nitrogens is 2. The molecular formula is C15H22N4O. The van der Waals surface area contributed by atoms with Crippen molar-refractivity contribution >= 4 is 17.0 Å². The van der Waals surface area contributed by atoms with Gasteiger partial charge in [0.25, 0.3) is 5.56 Å². The third-order valence-electron chi connectivity index (χ3n) is 4.50. The second-order valence-corrected chi connectivity index (χ2v) is 6.17. The summed E-state index contributed by atoms with van der Waals surface area (Å²) in [5, 5.41) is 0. The summed E-state index contributed by atoms with van der Waals surface area (Å²) in [6, 6.07) is 0. The minimum Gasteiger partial charge on any atom is -0.369 e. The van der Waals surface area contributed by atoms with Crippen molar-refractivity contribution in [1.29, 1.82) is 0 Å². The third kappa shape index (κ3) is 2.57. The average Bonchev–Trinajstić information content (AvgIpc) is 2.80. The summed E-state index contributed by atoms with van der Waals surface area (Å²) in [4.78, 5) is 21.6. The van der Waals surface area contributed by atoms with E-state index >= 15 is 0 Å². The number of fused-ring (bicyclic) bond motifs is 1.